The van der Waals surface area contributed by atoms with Gasteiger partial charge in [-0.1, -0.05) is 29.3 Å². The van der Waals surface area contributed by atoms with Crippen molar-refractivity contribution in [3.8, 4) is 0 Å². The van der Waals surface area contributed by atoms with Gasteiger partial charge in [0.1, 0.15) is 5.69 Å². The zero-order valence-electron chi connectivity index (χ0n) is 14.7. The van der Waals surface area contributed by atoms with Gasteiger partial charge in [0.05, 0.1) is 4.92 Å². The molecule has 7 heteroatoms. The molecule has 0 spiro atoms. The number of nitro benzene ring substituents is 1. The number of amides is 1. The van der Waals surface area contributed by atoms with Crippen molar-refractivity contribution >= 4 is 28.9 Å². The van der Waals surface area contributed by atoms with E-state index in [9.17, 15) is 14.9 Å². The molecule has 0 bridgehead atoms. The third kappa shape index (κ3) is 3.65. The van der Waals surface area contributed by atoms with Crippen LogP contribution >= 0.6 is 11.6 Å². The van der Waals surface area contributed by atoms with Crippen LogP contribution < -0.4 is 4.90 Å². The van der Waals surface area contributed by atoms with Crippen LogP contribution in [0, 0.1) is 24.0 Å². The lowest BCUT2D eigenvalue weighted by Crippen LogP contribution is -2.49. The van der Waals surface area contributed by atoms with Gasteiger partial charge in [-0.2, -0.15) is 0 Å². The predicted molar refractivity (Wildman–Crippen MR) is 102 cm³/mol. The van der Waals surface area contributed by atoms with Crippen molar-refractivity contribution in [1.29, 1.82) is 0 Å². The number of halogens is 1. The zero-order chi connectivity index (χ0) is 18.8. The Labute approximate surface area is 157 Å². The van der Waals surface area contributed by atoms with Crippen LogP contribution in [-0.4, -0.2) is 41.9 Å². The second-order valence-electron chi connectivity index (χ2n) is 6.49. The molecule has 1 aliphatic heterocycles. The Morgan fingerprint density at radius 2 is 1.77 bits per heavy atom. The summed E-state index contributed by atoms with van der Waals surface area (Å²) in [6, 6.07) is 10.5. The quantitative estimate of drug-likeness (QED) is 0.605. The Morgan fingerprint density at radius 1 is 1.08 bits per heavy atom. The molecule has 0 saturated carbocycles. The van der Waals surface area contributed by atoms with Gasteiger partial charge in [0.25, 0.3) is 11.6 Å². The lowest BCUT2D eigenvalue weighted by atomic mass is 10.0. The van der Waals surface area contributed by atoms with Gasteiger partial charge in [0, 0.05) is 42.8 Å². The summed E-state index contributed by atoms with van der Waals surface area (Å²) >= 11 is 5.88. The number of carbonyl (C=O) groups excluding carboxylic acids is 1. The van der Waals surface area contributed by atoms with E-state index in [-0.39, 0.29) is 11.6 Å². The second kappa shape index (κ2) is 7.33. The average Bonchev–Trinajstić information content (AvgIpc) is 2.61. The van der Waals surface area contributed by atoms with E-state index in [0.717, 1.165) is 11.1 Å². The molecule has 2 aromatic rings. The van der Waals surface area contributed by atoms with Crippen LogP contribution in [0.1, 0.15) is 21.5 Å². The smallest absolute Gasteiger partial charge is 0.294 e. The lowest BCUT2D eigenvalue weighted by Gasteiger charge is -2.36. The Hall–Kier alpha value is -2.60. The van der Waals surface area contributed by atoms with Gasteiger partial charge in [0.15, 0.2) is 0 Å². The summed E-state index contributed by atoms with van der Waals surface area (Å²) in [5.41, 5.74) is 3.33. The summed E-state index contributed by atoms with van der Waals surface area (Å²) in [6.07, 6.45) is 0. The fourth-order valence-electron chi connectivity index (χ4n) is 3.28. The van der Waals surface area contributed by atoms with Crippen LogP contribution in [0.3, 0.4) is 0 Å². The predicted octanol–water partition coefficient (Wildman–Crippen LogP) is 3.83. The number of hydrogen-bond acceptors (Lipinski definition) is 4. The largest absolute Gasteiger partial charge is 0.362 e. The summed E-state index contributed by atoms with van der Waals surface area (Å²) in [4.78, 5) is 27.4. The first kappa shape index (κ1) is 18.2. The molecular weight excluding hydrogens is 354 g/mol. The van der Waals surface area contributed by atoms with E-state index in [2.05, 4.69) is 0 Å². The highest BCUT2D eigenvalue weighted by molar-refractivity contribution is 6.30. The van der Waals surface area contributed by atoms with Crippen molar-refractivity contribution in [1.82, 2.24) is 4.90 Å². The third-order valence-electron chi connectivity index (χ3n) is 4.65. The number of nitrogens with zero attached hydrogens (tertiary/aromatic N) is 3. The highest BCUT2D eigenvalue weighted by atomic mass is 35.5. The lowest BCUT2D eigenvalue weighted by molar-refractivity contribution is -0.384. The molecular formula is C19H20ClN3O3. The molecule has 136 valence electrons. The molecule has 6 nitrogen and oxygen atoms in total. The van der Waals surface area contributed by atoms with Crippen LogP contribution in [0.4, 0.5) is 11.4 Å². The first-order valence-corrected chi connectivity index (χ1v) is 8.80. The molecule has 2 aromatic carbocycles. The number of piperazine rings is 1. The Morgan fingerprint density at radius 3 is 2.38 bits per heavy atom. The summed E-state index contributed by atoms with van der Waals surface area (Å²) in [7, 11) is 0. The van der Waals surface area contributed by atoms with Crippen molar-refractivity contribution in [3.63, 3.8) is 0 Å². The highest BCUT2D eigenvalue weighted by Crippen LogP contribution is 2.31. The fraction of sp³-hybridized carbons (Fsp3) is 0.316. The van der Waals surface area contributed by atoms with Gasteiger partial charge in [0.2, 0.25) is 0 Å². The molecule has 26 heavy (non-hydrogen) atoms. The van der Waals surface area contributed by atoms with Gasteiger partial charge in [-0.3, -0.25) is 14.9 Å². The van der Waals surface area contributed by atoms with E-state index in [0.29, 0.717) is 42.5 Å². The monoisotopic (exact) mass is 373 g/mol. The topological polar surface area (TPSA) is 66.7 Å². The second-order valence-corrected chi connectivity index (χ2v) is 6.92. The average molecular weight is 374 g/mol. The van der Waals surface area contributed by atoms with Gasteiger partial charge in [-0.15, -0.1) is 0 Å². The van der Waals surface area contributed by atoms with Crippen molar-refractivity contribution in [2.45, 2.75) is 13.8 Å². The first-order chi connectivity index (χ1) is 12.4. The van der Waals surface area contributed by atoms with E-state index >= 15 is 0 Å². The molecule has 1 aliphatic rings. The standard InChI is InChI=1S/C19H20ClN3O3/c1-13-3-5-16(14(2)11-13)19(24)22-9-7-21(8-10-22)17-6-4-15(20)12-18(17)23(25)26/h3-6,11-12H,7-10H2,1-2H3. The fourth-order valence-corrected chi connectivity index (χ4v) is 3.45. The normalized spacial score (nSPS) is 14.4. The van der Waals surface area contributed by atoms with Crippen molar-refractivity contribution in [2.24, 2.45) is 0 Å². The Bertz CT molecular complexity index is 861. The molecule has 0 unspecified atom stereocenters. The number of rotatable bonds is 3. The summed E-state index contributed by atoms with van der Waals surface area (Å²) in [6.45, 7) is 6.06. The number of aryl methyl sites for hydroxylation is 2. The Balaban J connectivity index is 1.73. The maximum absolute atomic E-state index is 12.8. The van der Waals surface area contributed by atoms with Crippen LogP contribution in [0.15, 0.2) is 36.4 Å². The Kier molecular flexibility index (Phi) is 5.13. The SMILES string of the molecule is Cc1ccc(C(=O)N2CCN(c3ccc(Cl)cc3[N+](=O)[O-])CC2)c(C)c1. The maximum Gasteiger partial charge on any atom is 0.294 e. The highest BCUT2D eigenvalue weighted by Gasteiger charge is 2.27. The molecule has 1 heterocycles. The van der Waals surface area contributed by atoms with E-state index in [1.807, 2.05) is 36.9 Å². The maximum atomic E-state index is 12.8. The van der Waals surface area contributed by atoms with Gasteiger partial charge in [-0.25, -0.2) is 0 Å². The summed E-state index contributed by atoms with van der Waals surface area (Å²) < 4.78 is 0. The number of anilines is 1. The molecule has 0 radical (unpaired) electrons. The van der Waals surface area contributed by atoms with Crippen LogP contribution in [0.2, 0.25) is 5.02 Å². The van der Waals surface area contributed by atoms with E-state index < -0.39 is 4.92 Å². The molecule has 1 amide bonds. The minimum atomic E-state index is -0.422. The zero-order valence-corrected chi connectivity index (χ0v) is 15.5. The van der Waals surface area contributed by atoms with Crippen LogP contribution in [0.25, 0.3) is 0 Å². The van der Waals surface area contributed by atoms with Crippen LogP contribution in [-0.2, 0) is 0 Å². The number of carbonyl (C=O) groups is 1. The van der Waals surface area contributed by atoms with Gasteiger partial charge >= 0.3 is 0 Å². The molecule has 0 aromatic heterocycles. The first-order valence-electron chi connectivity index (χ1n) is 8.42. The summed E-state index contributed by atoms with van der Waals surface area (Å²) in [5, 5.41) is 11.6. The minimum absolute atomic E-state index is 0.00718. The molecule has 0 aliphatic carbocycles. The van der Waals surface area contributed by atoms with Crippen molar-refractivity contribution in [3.05, 3.63) is 68.2 Å². The number of benzene rings is 2. The van der Waals surface area contributed by atoms with E-state index in [1.54, 1.807) is 17.0 Å². The van der Waals surface area contributed by atoms with E-state index in [4.69, 9.17) is 11.6 Å². The minimum Gasteiger partial charge on any atom is -0.362 e. The molecule has 1 saturated heterocycles. The molecule has 0 atom stereocenters. The molecule has 1 fully saturated rings. The van der Waals surface area contributed by atoms with E-state index in [1.165, 1.54) is 6.07 Å². The number of nitro groups is 1. The van der Waals surface area contributed by atoms with Crippen molar-refractivity contribution < 1.29 is 9.72 Å². The molecule has 3 rings (SSSR count). The molecule has 0 N–H and O–H groups in total. The summed E-state index contributed by atoms with van der Waals surface area (Å²) in [5.74, 6) is 0.00718. The van der Waals surface area contributed by atoms with Gasteiger partial charge in [-0.05, 0) is 37.6 Å². The van der Waals surface area contributed by atoms with Crippen molar-refractivity contribution in [2.75, 3.05) is 31.1 Å². The van der Waals surface area contributed by atoms with Crippen LogP contribution in [0.5, 0.6) is 0 Å². The van der Waals surface area contributed by atoms with Gasteiger partial charge < -0.3 is 9.80 Å². The number of hydrogen-bond donors (Lipinski definition) is 0. The third-order valence-corrected chi connectivity index (χ3v) is 4.89.